The van der Waals surface area contributed by atoms with Crippen molar-refractivity contribution in [3.05, 3.63) is 58.4 Å². The minimum Gasteiger partial charge on any atom is -0.490 e. The summed E-state index contributed by atoms with van der Waals surface area (Å²) in [4.78, 5) is 39.7. The molecule has 1 saturated heterocycles. The van der Waals surface area contributed by atoms with Crippen LogP contribution in [0.4, 0.5) is 23.8 Å². The van der Waals surface area contributed by atoms with Crippen LogP contribution in [0.25, 0.3) is 0 Å². The number of alkyl halides is 2. The van der Waals surface area contributed by atoms with Crippen LogP contribution in [0, 0.1) is 5.82 Å². The molecular formula is C34H41ClF3N7O5. The van der Waals surface area contributed by atoms with E-state index in [9.17, 15) is 22.8 Å². The maximum atomic E-state index is 14.3. The zero-order chi connectivity index (χ0) is 36.3. The second kappa shape index (κ2) is 15.2. The Kier molecular flexibility index (Phi) is 11.2. The molecule has 2 aromatic heterocycles. The highest BCUT2D eigenvalue weighted by molar-refractivity contribution is 6.28. The Balaban J connectivity index is 1.32. The Labute approximate surface area is 293 Å². The zero-order valence-electron chi connectivity index (χ0n) is 28.8. The van der Waals surface area contributed by atoms with Crippen LogP contribution in [0.15, 0.2) is 30.5 Å². The highest BCUT2D eigenvalue weighted by Crippen LogP contribution is 2.38. The summed E-state index contributed by atoms with van der Waals surface area (Å²) in [5.41, 5.74) is 0.843. The number of aromatic nitrogens is 4. The van der Waals surface area contributed by atoms with Crippen LogP contribution < -0.4 is 14.4 Å². The van der Waals surface area contributed by atoms with E-state index in [0.29, 0.717) is 44.6 Å². The first-order chi connectivity index (χ1) is 23.6. The molecule has 0 aliphatic carbocycles. The monoisotopic (exact) mass is 719 g/mol. The standard InChI is InChI=1S/C34H41ClF3N7O5/c1-19(2)45(18-27(37)38)31(46)23-17-21(36)7-8-25(23)49-30-29(40-32(35)42-41-30)43-14-10-22(11-15-43)48-26-9-13-39-24-12-16-44(20(3)28(24)26)33(47)50-34(4,5)6/h7-9,13,17,19-20,22,27H,10-12,14-16,18H2,1-6H3. The summed E-state index contributed by atoms with van der Waals surface area (Å²) in [5, 5.41) is 7.72. The first kappa shape index (κ1) is 36.9. The number of fused-ring (bicyclic) bond motifs is 1. The molecule has 270 valence electrons. The number of pyridine rings is 1. The van der Waals surface area contributed by atoms with E-state index >= 15 is 0 Å². The predicted molar refractivity (Wildman–Crippen MR) is 179 cm³/mol. The number of amides is 2. The summed E-state index contributed by atoms with van der Waals surface area (Å²) in [6.45, 7) is 11.2. The summed E-state index contributed by atoms with van der Waals surface area (Å²) in [7, 11) is 0. The largest absolute Gasteiger partial charge is 0.490 e. The second-order valence-electron chi connectivity index (χ2n) is 13.5. The number of hydrogen-bond acceptors (Lipinski definition) is 10. The molecule has 0 radical (unpaired) electrons. The highest BCUT2D eigenvalue weighted by atomic mass is 35.5. The third-order valence-corrected chi connectivity index (χ3v) is 8.54. The van der Waals surface area contributed by atoms with Crippen molar-refractivity contribution in [1.29, 1.82) is 0 Å². The number of nitrogens with zero attached hydrogens (tertiary/aromatic N) is 7. The Morgan fingerprint density at radius 1 is 1.08 bits per heavy atom. The molecule has 50 heavy (non-hydrogen) atoms. The predicted octanol–water partition coefficient (Wildman–Crippen LogP) is 6.87. The van der Waals surface area contributed by atoms with Gasteiger partial charge in [-0.15, -0.1) is 10.2 Å². The summed E-state index contributed by atoms with van der Waals surface area (Å²) >= 11 is 6.14. The van der Waals surface area contributed by atoms with Crippen LogP contribution >= 0.6 is 11.6 Å². The Bertz CT molecular complexity index is 1700. The maximum absolute atomic E-state index is 14.3. The van der Waals surface area contributed by atoms with E-state index in [1.807, 2.05) is 38.7 Å². The van der Waals surface area contributed by atoms with Gasteiger partial charge in [-0.2, -0.15) is 4.98 Å². The number of benzene rings is 1. The van der Waals surface area contributed by atoms with E-state index in [0.717, 1.165) is 28.3 Å². The van der Waals surface area contributed by atoms with Crippen molar-refractivity contribution in [3.8, 4) is 17.4 Å². The number of halogens is 4. The highest BCUT2D eigenvalue weighted by Gasteiger charge is 2.35. The van der Waals surface area contributed by atoms with E-state index in [1.165, 1.54) is 6.07 Å². The van der Waals surface area contributed by atoms with Gasteiger partial charge < -0.3 is 28.9 Å². The van der Waals surface area contributed by atoms with Crippen LogP contribution in [-0.2, 0) is 11.2 Å². The van der Waals surface area contributed by atoms with Gasteiger partial charge in [0.05, 0.1) is 23.8 Å². The molecule has 16 heteroatoms. The lowest BCUT2D eigenvalue weighted by Crippen LogP contribution is -2.43. The molecule has 3 aromatic rings. The zero-order valence-corrected chi connectivity index (χ0v) is 29.6. The van der Waals surface area contributed by atoms with Gasteiger partial charge in [-0.05, 0) is 77.4 Å². The third kappa shape index (κ3) is 8.66. The Hall–Kier alpha value is -4.40. The van der Waals surface area contributed by atoms with Gasteiger partial charge in [-0.25, -0.2) is 18.0 Å². The first-order valence-corrected chi connectivity index (χ1v) is 16.8. The first-order valence-electron chi connectivity index (χ1n) is 16.5. The average Bonchev–Trinajstić information content (AvgIpc) is 3.04. The summed E-state index contributed by atoms with van der Waals surface area (Å²) < 4.78 is 59.1. The fourth-order valence-electron chi connectivity index (χ4n) is 6.01. The van der Waals surface area contributed by atoms with Crippen molar-refractivity contribution in [1.82, 2.24) is 30.0 Å². The topological polar surface area (TPSA) is 123 Å². The molecule has 2 aliphatic rings. The number of rotatable bonds is 9. The van der Waals surface area contributed by atoms with E-state index in [4.69, 9.17) is 25.8 Å². The summed E-state index contributed by atoms with van der Waals surface area (Å²) in [5.74, 6) is -0.884. The Morgan fingerprint density at radius 3 is 2.46 bits per heavy atom. The van der Waals surface area contributed by atoms with Gasteiger partial charge in [0, 0.05) is 56.7 Å². The number of anilines is 1. The molecule has 1 fully saturated rings. The van der Waals surface area contributed by atoms with Gasteiger partial charge in [0.15, 0.2) is 5.82 Å². The average molecular weight is 720 g/mol. The molecule has 4 heterocycles. The summed E-state index contributed by atoms with van der Waals surface area (Å²) in [6.07, 6.45) is 0.0512. The lowest BCUT2D eigenvalue weighted by molar-refractivity contribution is 0.0153. The van der Waals surface area contributed by atoms with Crippen molar-refractivity contribution in [2.24, 2.45) is 0 Å². The van der Waals surface area contributed by atoms with Crippen LogP contribution in [-0.4, -0.2) is 92.3 Å². The van der Waals surface area contributed by atoms with E-state index < -0.39 is 42.4 Å². The molecular weight excluding hydrogens is 679 g/mol. The smallest absolute Gasteiger partial charge is 0.410 e. The molecule has 5 rings (SSSR count). The van der Waals surface area contributed by atoms with Crippen LogP contribution in [0.5, 0.6) is 17.4 Å². The molecule has 1 atom stereocenters. The molecule has 2 aliphatic heterocycles. The lowest BCUT2D eigenvalue weighted by Gasteiger charge is -2.38. The molecule has 12 nitrogen and oxygen atoms in total. The van der Waals surface area contributed by atoms with Crippen molar-refractivity contribution < 1.29 is 37.0 Å². The van der Waals surface area contributed by atoms with Gasteiger partial charge in [0.25, 0.3) is 18.2 Å². The van der Waals surface area contributed by atoms with E-state index in [1.54, 1.807) is 24.9 Å². The van der Waals surface area contributed by atoms with Gasteiger partial charge in [0.2, 0.25) is 5.28 Å². The van der Waals surface area contributed by atoms with Gasteiger partial charge in [-0.3, -0.25) is 9.78 Å². The third-order valence-electron chi connectivity index (χ3n) is 8.38. The van der Waals surface area contributed by atoms with E-state index in [-0.39, 0.29) is 40.4 Å². The van der Waals surface area contributed by atoms with Gasteiger partial charge in [0.1, 0.15) is 29.0 Å². The molecule has 0 spiro atoms. The van der Waals surface area contributed by atoms with E-state index in [2.05, 4.69) is 20.2 Å². The molecule has 0 saturated carbocycles. The SMILES string of the molecule is CC(C)N(CC(F)F)C(=O)c1cc(F)ccc1Oc1nnc(Cl)nc1N1CCC(Oc2ccnc3c2C(C)N(C(=O)OC(C)(C)C)CC3)CC1. The van der Waals surface area contributed by atoms with Gasteiger partial charge in [-0.1, -0.05) is 0 Å². The van der Waals surface area contributed by atoms with Crippen LogP contribution in [0.1, 0.15) is 82.0 Å². The molecule has 2 amide bonds. The minimum atomic E-state index is -2.79. The number of carbonyl (C=O) groups excluding carboxylic acids is 2. The van der Waals surface area contributed by atoms with Crippen molar-refractivity contribution in [2.45, 2.75) is 91.0 Å². The van der Waals surface area contributed by atoms with Crippen LogP contribution in [0.2, 0.25) is 5.28 Å². The van der Waals surface area contributed by atoms with Crippen molar-refractivity contribution in [2.75, 3.05) is 31.1 Å². The quantitative estimate of drug-likeness (QED) is 0.232. The number of carbonyl (C=O) groups is 2. The number of ether oxygens (including phenoxy) is 3. The lowest BCUT2D eigenvalue weighted by atomic mass is 9.97. The molecule has 1 aromatic carbocycles. The van der Waals surface area contributed by atoms with Crippen molar-refractivity contribution in [3.63, 3.8) is 0 Å². The molecule has 1 unspecified atom stereocenters. The number of hydrogen-bond donors (Lipinski definition) is 0. The fraction of sp³-hybridized carbons (Fsp3) is 0.529. The molecule has 0 bridgehead atoms. The van der Waals surface area contributed by atoms with Crippen molar-refractivity contribution >= 4 is 29.4 Å². The minimum absolute atomic E-state index is 0.0985. The fourth-order valence-corrected chi connectivity index (χ4v) is 6.13. The number of piperidine rings is 1. The van der Waals surface area contributed by atoms with Crippen LogP contribution in [0.3, 0.4) is 0 Å². The Morgan fingerprint density at radius 2 is 1.80 bits per heavy atom. The van der Waals surface area contributed by atoms with Gasteiger partial charge >= 0.3 is 6.09 Å². The second-order valence-corrected chi connectivity index (χ2v) is 13.8. The normalized spacial score (nSPS) is 16.8. The maximum Gasteiger partial charge on any atom is 0.410 e. The summed E-state index contributed by atoms with van der Waals surface area (Å²) in [6, 6.07) is 4.16. The molecule has 0 N–H and O–H groups in total.